The van der Waals surface area contributed by atoms with Gasteiger partial charge in [-0.2, -0.15) is 0 Å². The van der Waals surface area contributed by atoms with Crippen LogP contribution in [0, 0.1) is 0 Å². The molecule has 5 heteroatoms. The lowest BCUT2D eigenvalue weighted by atomic mass is 9.92. The molecule has 0 aliphatic rings. The molecule has 0 fully saturated rings. The Morgan fingerprint density at radius 2 is 2.17 bits per heavy atom. The molecule has 0 aliphatic heterocycles. The third-order valence-electron chi connectivity index (χ3n) is 2.54. The third-order valence-corrected chi connectivity index (χ3v) is 4.16. The summed E-state index contributed by atoms with van der Waals surface area (Å²) in [7, 11) is 0. The average molecular weight is 327 g/mol. The summed E-state index contributed by atoms with van der Waals surface area (Å²) in [5, 5.41) is 2.02. The van der Waals surface area contributed by atoms with E-state index in [-0.39, 0.29) is 11.0 Å². The summed E-state index contributed by atoms with van der Waals surface area (Å²) in [6.07, 6.45) is 0.670. The van der Waals surface area contributed by atoms with Crippen molar-refractivity contribution in [2.75, 3.05) is 0 Å². The van der Waals surface area contributed by atoms with E-state index < -0.39 is 0 Å². The van der Waals surface area contributed by atoms with Gasteiger partial charge in [0, 0.05) is 16.7 Å². The minimum Gasteiger partial charge on any atom is -0.309 e. The van der Waals surface area contributed by atoms with Crippen molar-refractivity contribution < 1.29 is 0 Å². The lowest BCUT2D eigenvalue weighted by Crippen LogP contribution is -2.23. The third kappa shape index (κ3) is 2.90. The summed E-state index contributed by atoms with van der Waals surface area (Å²) in [6.45, 7) is 6.15. The zero-order chi connectivity index (χ0) is 13.3. The molecule has 0 aliphatic carbocycles. The summed E-state index contributed by atoms with van der Waals surface area (Å²) in [4.78, 5) is 20.5. The van der Waals surface area contributed by atoms with Crippen molar-refractivity contribution in [1.82, 2.24) is 9.97 Å². The average Bonchev–Trinajstić information content (AvgIpc) is 2.74. The highest BCUT2D eigenvalue weighted by Crippen LogP contribution is 2.25. The minimum atomic E-state index is -0.155. The molecule has 18 heavy (non-hydrogen) atoms. The van der Waals surface area contributed by atoms with Gasteiger partial charge < -0.3 is 4.98 Å². The fraction of sp³-hybridized carbons (Fsp3) is 0.385. The van der Waals surface area contributed by atoms with Crippen LogP contribution in [0.15, 0.2) is 26.8 Å². The first-order valence-corrected chi connectivity index (χ1v) is 7.37. The molecule has 0 unspecified atom stereocenters. The number of rotatable bonds is 2. The Hall–Kier alpha value is -0.940. The predicted octanol–water partition coefficient (Wildman–Crippen LogP) is 3.48. The van der Waals surface area contributed by atoms with Crippen molar-refractivity contribution in [3.63, 3.8) is 0 Å². The maximum atomic E-state index is 11.9. The van der Waals surface area contributed by atoms with Crippen LogP contribution in [-0.2, 0) is 11.8 Å². The van der Waals surface area contributed by atoms with E-state index in [0.717, 1.165) is 11.5 Å². The molecule has 0 radical (unpaired) electrons. The van der Waals surface area contributed by atoms with E-state index in [0.29, 0.717) is 10.9 Å². The molecule has 0 atom stereocenters. The number of hydrogen-bond acceptors (Lipinski definition) is 3. The molecular weight excluding hydrogens is 312 g/mol. The number of aromatic nitrogens is 2. The monoisotopic (exact) mass is 326 g/mol. The summed E-state index contributed by atoms with van der Waals surface area (Å²) in [5.74, 6) is 0.718. The smallest absolute Gasteiger partial charge is 0.265 e. The maximum absolute atomic E-state index is 11.9. The summed E-state index contributed by atoms with van der Waals surface area (Å²) < 4.78 is 0.532. The zero-order valence-electron chi connectivity index (χ0n) is 10.6. The van der Waals surface area contributed by atoms with Gasteiger partial charge in [-0.15, -0.1) is 11.3 Å². The van der Waals surface area contributed by atoms with E-state index in [1.807, 2.05) is 17.5 Å². The highest BCUT2D eigenvalue weighted by Gasteiger charge is 2.22. The normalized spacial score (nSPS) is 11.8. The van der Waals surface area contributed by atoms with E-state index in [9.17, 15) is 4.79 Å². The van der Waals surface area contributed by atoms with Gasteiger partial charge in [-0.1, -0.05) is 26.8 Å². The van der Waals surface area contributed by atoms with Crippen molar-refractivity contribution in [2.45, 2.75) is 32.6 Å². The highest BCUT2D eigenvalue weighted by molar-refractivity contribution is 9.10. The fourth-order valence-electron chi connectivity index (χ4n) is 1.66. The Balaban J connectivity index is 2.45. The van der Waals surface area contributed by atoms with Gasteiger partial charge in [0.1, 0.15) is 10.3 Å². The second-order valence-electron chi connectivity index (χ2n) is 5.18. The van der Waals surface area contributed by atoms with Gasteiger partial charge in [0.25, 0.3) is 5.56 Å². The van der Waals surface area contributed by atoms with Crippen LogP contribution in [0.4, 0.5) is 0 Å². The molecule has 2 aromatic heterocycles. The van der Waals surface area contributed by atoms with Gasteiger partial charge in [0.2, 0.25) is 0 Å². The van der Waals surface area contributed by atoms with Crippen LogP contribution in [0.3, 0.4) is 0 Å². The summed E-state index contributed by atoms with van der Waals surface area (Å²) in [6, 6.07) is 4.05. The van der Waals surface area contributed by atoms with Crippen LogP contribution in [0.1, 0.15) is 37.2 Å². The number of halogens is 1. The Bertz CT molecular complexity index is 596. The molecule has 0 bridgehead atoms. The van der Waals surface area contributed by atoms with Crippen LogP contribution in [-0.4, -0.2) is 9.97 Å². The fourth-order valence-corrected chi connectivity index (χ4v) is 3.16. The molecule has 96 valence electrons. The van der Waals surface area contributed by atoms with Crippen molar-refractivity contribution in [1.29, 1.82) is 0 Å². The van der Waals surface area contributed by atoms with Gasteiger partial charge in [-0.3, -0.25) is 4.79 Å². The first-order chi connectivity index (χ1) is 8.38. The molecule has 2 rings (SSSR count). The number of thiophene rings is 1. The quantitative estimate of drug-likeness (QED) is 0.918. The van der Waals surface area contributed by atoms with Gasteiger partial charge in [-0.25, -0.2) is 4.98 Å². The topological polar surface area (TPSA) is 45.8 Å². The molecule has 0 saturated heterocycles. The molecule has 1 N–H and O–H groups in total. The van der Waals surface area contributed by atoms with Crippen molar-refractivity contribution in [2.24, 2.45) is 0 Å². The number of aromatic amines is 1. The summed E-state index contributed by atoms with van der Waals surface area (Å²) >= 11 is 4.99. The van der Waals surface area contributed by atoms with Crippen molar-refractivity contribution >= 4 is 27.3 Å². The number of nitrogens with one attached hydrogen (secondary N) is 1. The maximum Gasteiger partial charge on any atom is 0.265 e. The van der Waals surface area contributed by atoms with Gasteiger partial charge in [-0.05, 0) is 27.4 Å². The van der Waals surface area contributed by atoms with E-state index in [4.69, 9.17) is 0 Å². The summed E-state index contributed by atoms with van der Waals surface area (Å²) in [5.41, 5.74) is 0.538. The number of H-pyrrole nitrogens is 1. The Morgan fingerprint density at radius 3 is 2.72 bits per heavy atom. The van der Waals surface area contributed by atoms with Gasteiger partial charge in [0.05, 0.1) is 5.69 Å². The van der Waals surface area contributed by atoms with Crippen molar-refractivity contribution in [3.8, 4) is 0 Å². The highest BCUT2D eigenvalue weighted by atomic mass is 79.9. The van der Waals surface area contributed by atoms with Crippen LogP contribution in [0.25, 0.3) is 0 Å². The number of hydrogen-bond donors (Lipinski definition) is 1. The second kappa shape index (κ2) is 4.97. The molecule has 2 heterocycles. The Morgan fingerprint density at radius 1 is 1.44 bits per heavy atom. The van der Waals surface area contributed by atoms with Crippen LogP contribution in [0.5, 0.6) is 0 Å². The SMILES string of the molecule is CC(C)(C)c1nc(Cc2cccs2)[nH]c(=O)c1Br. The van der Waals surface area contributed by atoms with Crippen LogP contribution >= 0.6 is 27.3 Å². The van der Waals surface area contributed by atoms with Gasteiger partial charge >= 0.3 is 0 Å². The zero-order valence-corrected chi connectivity index (χ0v) is 13.0. The molecule has 3 nitrogen and oxygen atoms in total. The molecule has 0 spiro atoms. The second-order valence-corrected chi connectivity index (χ2v) is 7.01. The lowest BCUT2D eigenvalue weighted by Gasteiger charge is -2.19. The first-order valence-electron chi connectivity index (χ1n) is 5.69. The van der Waals surface area contributed by atoms with Crippen LogP contribution < -0.4 is 5.56 Å². The standard InChI is InChI=1S/C13H15BrN2OS/c1-13(2,3)11-10(14)12(17)16-9(15-11)7-8-5-4-6-18-8/h4-6H,7H2,1-3H3,(H,15,16,17). The first kappa shape index (κ1) is 13.5. The van der Waals surface area contributed by atoms with E-state index in [2.05, 4.69) is 46.7 Å². The van der Waals surface area contributed by atoms with Gasteiger partial charge in [0.15, 0.2) is 0 Å². The minimum absolute atomic E-state index is 0.110. The molecule has 0 aromatic carbocycles. The Labute approximate surface area is 118 Å². The van der Waals surface area contributed by atoms with E-state index in [1.165, 1.54) is 4.88 Å². The molecule has 0 saturated carbocycles. The Kier molecular flexibility index (Phi) is 3.73. The molecule has 2 aromatic rings. The molecular formula is C13H15BrN2OS. The van der Waals surface area contributed by atoms with E-state index in [1.54, 1.807) is 11.3 Å². The van der Waals surface area contributed by atoms with E-state index >= 15 is 0 Å². The van der Waals surface area contributed by atoms with Crippen LogP contribution in [0.2, 0.25) is 0 Å². The predicted molar refractivity (Wildman–Crippen MR) is 78.4 cm³/mol. The van der Waals surface area contributed by atoms with Crippen molar-refractivity contribution in [3.05, 3.63) is 48.7 Å². The largest absolute Gasteiger partial charge is 0.309 e. The lowest BCUT2D eigenvalue weighted by molar-refractivity contribution is 0.557. The number of nitrogens with zero attached hydrogens (tertiary/aromatic N) is 1. The molecule has 0 amide bonds.